The summed E-state index contributed by atoms with van der Waals surface area (Å²) in [6.07, 6.45) is 4.99. The molecule has 27 heavy (non-hydrogen) atoms. The third-order valence-electron chi connectivity index (χ3n) is 3.81. The number of carbonyl (C=O) groups is 1. The van der Waals surface area contributed by atoms with Gasteiger partial charge in [-0.05, 0) is 58.4 Å². The van der Waals surface area contributed by atoms with E-state index in [9.17, 15) is 4.79 Å². The third-order valence-corrected chi connectivity index (χ3v) is 4.55. The van der Waals surface area contributed by atoms with E-state index in [1.54, 1.807) is 0 Å². The van der Waals surface area contributed by atoms with Crippen molar-refractivity contribution in [3.8, 4) is 11.5 Å². The molecular formula is C21H35BrN2O3. The van der Waals surface area contributed by atoms with Crippen LogP contribution in [-0.4, -0.2) is 31.2 Å². The summed E-state index contributed by atoms with van der Waals surface area (Å²) >= 11 is 3.61. The van der Waals surface area contributed by atoms with Crippen molar-refractivity contribution >= 4 is 21.8 Å². The maximum absolute atomic E-state index is 12.0. The molecule has 0 saturated heterocycles. The topological polar surface area (TPSA) is 59.6 Å². The number of hydrogen-bond acceptors (Lipinski definition) is 4. The Morgan fingerprint density at radius 2 is 1.78 bits per heavy atom. The van der Waals surface area contributed by atoms with Crippen LogP contribution < -0.4 is 20.1 Å². The maximum atomic E-state index is 12.0. The van der Waals surface area contributed by atoms with Crippen molar-refractivity contribution in [2.24, 2.45) is 0 Å². The molecule has 0 atom stereocenters. The zero-order valence-corrected chi connectivity index (χ0v) is 19.0. The Bertz CT molecular complexity index is 586. The van der Waals surface area contributed by atoms with Gasteiger partial charge in [0.15, 0.2) is 18.1 Å². The van der Waals surface area contributed by atoms with Crippen molar-refractivity contribution < 1.29 is 14.3 Å². The van der Waals surface area contributed by atoms with Crippen LogP contribution in [0, 0.1) is 0 Å². The van der Waals surface area contributed by atoms with Crippen molar-refractivity contribution in [2.45, 2.75) is 72.4 Å². The molecule has 2 N–H and O–H groups in total. The van der Waals surface area contributed by atoms with Gasteiger partial charge in [-0.15, -0.1) is 0 Å². The highest BCUT2D eigenvalue weighted by Crippen LogP contribution is 2.34. The number of amides is 1. The Balaban J connectivity index is 2.68. The molecule has 0 bridgehead atoms. The standard InChI is InChI=1S/C21H35BrN2O3/c1-6-8-9-10-11-23-14-16-12-18(26-7-2)19(13-17(16)22)27-15-20(25)24-21(3,4)5/h12-13,23H,6-11,14-15H2,1-5H3,(H,24,25). The van der Waals surface area contributed by atoms with Crippen molar-refractivity contribution in [3.05, 3.63) is 22.2 Å². The van der Waals surface area contributed by atoms with E-state index in [2.05, 4.69) is 33.5 Å². The molecule has 0 heterocycles. The van der Waals surface area contributed by atoms with Crippen LogP contribution in [0.2, 0.25) is 0 Å². The monoisotopic (exact) mass is 442 g/mol. The molecule has 1 aromatic carbocycles. The highest BCUT2D eigenvalue weighted by atomic mass is 79.9. The zero-order valence-electron chi connectivity index (χ0n) is 17.4. The fourth-order valence-corrected chi connectivity index (χ4v) is 3.05. The van der Waals surface area contributed by atoms with Crippen LogP contribution in [0.3, 0.4) is 0 Å². The molecule has 0 aliphatic rings. The predicted molar refractivity (Wildman–Crippen MR) is 115 cm³/mol. The third kappa shape index (κ3) is 10.0. The first kappa shape index (κ1) is 23.8. The lowest BCUT2D eigenvalue weighted by Gasteiger charge is -2.21. The van der Waals surface area contributed by atoms with E-state index in [0.29, 0.717) is 18.1 Å². The van der Waals surface area contributed by atoms with Gasteiger partial charge in [-0.2, -0.15) is 0 Å². The van der Waals surface area contributed by atoms with E-state index >= 15 is 0 Å². The summed E-state index contributed by atoms with van der Waals surface area (Å²) < 4.78 is 12.4. The fourth-order valence-electron chi connectivity index (χ4n) is 2.59. The molecule has 6 heteroatoms. The van der Waals surface area contributed by atoms with Crippen molar-refractivity contribution in [2.75, 3.05) is 19.8 Å². The van der Waals surface area contributed by atoms with E-state index in [4.69, 9.17) is 9.47 Å². The number of benzene rings is 1. The van der Waals surface area contributed by atoms with Gasteiger partial charge in [-0.3, -0.25) is 4.79 Å². The SMILES string of the molecule is CCCCCCNCc1cc(OCC)c(OCC(=O)NC(C)(C)C)cc1Br. The minimum atomic E-state index is -0.281. The van der Waals surface area contributed by atoms with Gasteiger partial charge in [0.25, 0.3) is 5.91 Å². The fraction of sp³-hybridized carbons (Fsp3) is 0.667. The lowest BCUT2D eigenvalue weighted by atomic mass is 10.1. The van der Waals surface area contributed by atoms with Crippen LogP contribution in [-0.2, 0) is 11.3 Å². The Morgan fingerprint density at radius 1 is 1.07 bits per heavy atom. The largest absolute Gasteiger partial charge is 0.490 e. The van der Waals surface area contributed by atoms with Crippen LogP contribution in [0.1, 0.15) is 65.9 Å². The van der Waals surface area contributed by atoms with E-state index < -0.39 is 0 Å². The van der Waals surface area contributed by atoms with Gasteiger partial charge >= 0.3 is 0 Å². The van der Waals surface area contributed by atoms with Gasteiger partial charge in [0.2, 0.25) is 0 Å². The van der Waals surface area contributed by atoms with Crippen LogP contribution in [0.25, 0.3) is 0 Å². The molecule has 0 aromatic heterocycles. The molecular weight excluding hydrogens is 408 g/mol. The molecule has 0 saturated carbocycles. The normalized spacial score (nSPS) is 11.3. The summed E-state index contributed by atoms with van der Waals surface area (Å²) in [5, 5.41) is 6.36. The van der Waals surface area contributed by atoms with Crippen molar-refractivity contribution in [1.82, 2.24) is 10.6 Å². The smallest absolute Gasteiger partial charge is 0.258 e. The van der Waals surface area contributed by atoms with Crippen molar-refractivity contribution in [1.29, 1.82) is 0 Å². The maximum Gasteiger partial charge on any atom is 0.258 e. The summed E-state index contributed by atoms with van der Waals surface area (Å²) in [5.74, 6) is 1.07. The number of ether oxygens (including phenoxy) is 2. The first-order valence-electron chi connectivity index (χ1n) is 9.86. The van der Waals surface area contributed by atoms with Crippen LogP contribution in [0.5, 0.6) is 11.5 Å². The Morgan fingerprint density at radius 3 is 2.41 bits per heavy atom. The summed E-state index contributed by atoms with van der Waals surface area (Å²) in [4.78, 5) is 12.0. The second kappa shape index (κ2) is 12.2. The molecule has 1 aromatic rings. The van der Waals surface area contributed by atoms with E-state index in [0.717, 1.165) is 23.1 Å². The molecule has 0 unspecified atom stereocenters. The van der Waals surface area contributed by atoms with Gasteiger partial charge < -0.3 is 20.1 Å². The number of rotatable bonds is 12. The zero-order chi connectivity index (χ0) is 20.3. The summed E-state index contributed by atoms with van der Waals surface area (Å²) in [7, 11) is 0. The first-order chi connectivity index (χ1) is 12.8. The van der Waals surface area contributed by atoms with Gasteiger partial charge in [0.1, 0.15) is 0 Å². The summed E-state index contributed by atoms with van der Waals surface area (Å²) in [6.45, 7) is 12.2. The van der Waals surface area contributed by atoms with E-state index in [1.807, 2.05) is 39.8 Å². The van der Waals surface area contributed by atoms with Gasteiger partial charge in [-0.1, -0.05) is 42.1 Å². The Labute approximate surface area is 172 Å². The molecule has 5 nitrogen and oxygen atoms in total. The number of halogens is 1. The van der Waals surface area contributed by atoms with E-state index in [1.165, 1.54) is 25.7 Å². The predicted octanol–water partition coefficient (Wildman–Crippen LogP) is 4.81. The Kier molecular flexibility index (Phi) is 10.8. The second-order valence-electron chi connectivity index (χ2n) is 7.65. The molecule has 154 valence electrons. The highest BCUT2D eigenvalue weighted by Gasteiger charge is 2.16. The number of unbranched alkanes of at least 4 members (excludes halogenated alkanes) is 3. The molecule has 0 radical (unpaired) electrons. The average molecular weight is 443 g/mol. The molecule has 0 aliphatic carbocycles. The number of nitrogens with one attached hydrogen (secondary N) is 2. The minimum Gasteiger partial charge on any atom is -0.490 e. The molecule has 1 amide bonds. The van der Waals surface area contributed by atoms with Crippen LogP contribution in [0.4, 0.5) is 0 Å². The quantitative estimate of drug-likeness (QED) is 0.455. The van der Waals surface area contributed by atoms with Crippen LogP contribution >= 0.6 is 15.9 Å². The van der Waals surface area contributed by atoms with Gasteiger partial charge in [0.05, 0.1) is 6.61 Å². The lowest BCUT2D eigenvalue weighted by molar-refractivity contribution is -0.124. The summed E-state index contributed by atoms with van der Waals surface area (Å²) in [6, 6.07) is 3.85. The summed E-state index contributed by atoms with van der Waals surface area (Å²) in [5.41, 5.74) is 0.830. The second-order valence-corrected chi connectivity index (χ2v) is 8.50. The average Bonchev–Trinajstić information content (AvgIpc) is 2.57. The first-order valence-corrected chi connectivity index (χ1v) is 10.7. The van der Waals surface area contributed by atoms with Gasteiger partial charge in [0, 0.05) is 16.6 Å². The minimum absolute atomic E-state index is 0.0428. The lowest BCUT2D eigenvalue weighted by Crippen LogP contribution is -2.43. The molecule has 0 aliphatic heterocycles. The molecule has 0 fully saturated rings. The highest BCUT2D eigenvalue weighted by molar-refractivity contribution is 9.10. The van der Waals surface area contributed by atoms with Crippen molar-refractivity contribution in [3.63, 3.8) is 0 Å². The van der Waals surface area contributed by atoms with Crippen LogP contribution in [0.15, 0.2) is 16.6 Å². The van der Waals surface area contributed by atoms with Gasteiger partial charge in [-0.25, -0.2) is 0 Å². The number of carbonyl (C=O) groups excluding carboxylic acids is 1. The molecule has 1 rings (SSSR count). The van der Waals surface area contributed by atoms with E-state index in [-0.39, 0.29) is 18.1 Å². The number of hydrogen-bond donors (Lipinski definition) is 2. The molecule has 0 spiro atoms. The Hall–Kier alpha value is -1.27.